The summed E-state index contributed by atoms with van der Waals surface area (Å²) < 4.78 is 0. The third-order valence-corrected chi connectivity index (χ3v) is 2.58. The van der Waals surface area contributed by atoms with E-state index in [2.05, 4.69) is 32.9 Å². The van der Waals surface area contributed by atoms with Gasteiger partial charge in [-0.2, -0.15) is 0 Å². The van der Waals surface area contributed by atoms with Gasteiger partial charge in [-0.3, -0.25) is 0 Å². The van der Waals surface area contributed by atoms with Gasteiger partial charge >= 0.3 is 0 Å². The Morgan fingerprint density at radius 1 is 1.00 bits per heavy atom. The van der Waals surface area contributed by atoms with E-state index in [1.54, 1.807) is 0 Å². The van der Waals surface area contributed by atoms with Crippen LogP contribution in [0.4, 0.5) is 0 Å². The van der Waals surface area contributed by atoms with Crippen molar-refractivity contribution in [2.24, 2.45) is 11.7 Å². The Hall–Kier alpha value is -0.300. The van der Waals surface area contributed by atoms with Crippen LogP contribution in [0.15, 0.2) is 12.2 Å². The highest BCUT2D eigenvalue weighted by Crippen LogP contribution is 2.10. The summed E-state index contributed by atoms with van der Waals surface area (Å²) in [6.07, 6.45) is 11.8. The van der Waals surface area contributed by atoms with Gasteiger partial charge in [0.15, 0.2) is 0 Å². The van der Waals surface area contributed by atoms with Gasteiger partial charge in [0.25, 0.3) is 0 Å². The molecule has 0 aromatic heterocycles. The molecule has 1 unspecified atom stereocenters. The summed E-state index contributed by atoms with van der Waals surface area (Å²) in [7, 11) is 0. The van der Waals surface area contributed by atoms with Crippen molar-refractivity contribution >= 4 is 0 Å². The maximum atomic E-state index is 5.91. The summed E-state index contributed by atoms with van der Waals surface area (Å²) in [4.78, 5) is 0. The molecule has 0 heterocycles. The van der Waals surface area contributed by atoms with E-state index >= 15 is 0 Å². The Morgan fingerprint density at radius 3 is 2.14 bits per heavy atom. The van der Waals surface area contributed by atoms with Crippen molar-refractivity contribution in [3.8, 4) is 0 Å². The van der Waals surface area contributed by atoms with Crippen molar-refractivity contribution in [1.29, 1.82) is 0 Å². The number of hydrogen-bond acceptors (Lipinski definition) is 1. The van der Waals surface area contributed by atoms with Crippen molar-refractivity contribution in [3.05, 3.63) is 12.2 Å². The van der Waals surface area contributed by atoms with E-state index in [1.165, 1.54) is 25.7 Å². The van der Waals surface area contributed by atoms with Gasteiger partial charge < -0.3 is 5.73 Å². The third-order valence-electron chi connectivity index (χ3n) is 2.58. The quantitative estimate of drug-likeness (QED) is 0.587. The highest BCUT2D eigenvalue weighted by molar-refractivity contribution is 4.86. The van der Waals surface area contributed by atoms with Crippen LogP contribution in [0.5, 0.6) is 0 Å². The first-order chi connectivity index (χ1) is 6.70. The van der Waals surface area contributed by atoms with Gasteiger partial charge in [0.2, 0.25) is 0 Å². The Balaban J connectivity index is 3.43. The fourth-order valence-electron chi connectivity index (χ4n) is 1.70. The molecule has 0 spiro atoms. The molecule has 0 aliphatic carbocycles. The Kier molecular flexibility index (Phi) is 9.06. The Morgan fingerprint density at radius 2 is 1.57 bits per heavy atom. The summed E-state index contributed by atoms with van der Waals surface area (Å²) in [6.45, 7) is 6.75. The molecule has 0 fully saturated rings. The molecule has 1 nitrogen and oxygen atoms in total. The van der Waals surface area contributed by atoms with Crippen LogP contribution >= 0.6 is 0 Å². The van der Waals surface area contributed by atoms with Crippen LogP contribution in [-0.4, -0.2) is 6.04 Å². The summed E-state index contributed by atoms with van der Waals surface area (Å²) in [5, 5.41) is 0. The Labute approximate surface area is 89.8 Å². The molecular weight excluding hydrogens is 170 g/mol. The van der Waals surface area contributed by atoms with Gasteiger partial charge in [0.05, 0.1) is 0 Å². The lowest BCUT2D eigenvalue weighted by Crippen LogP contribution is -2.17. The maximum Gasteiger partial charge on any atom is 0.00733 e. The molecule has 0 aliphatic rings. The first-order valence-corrected chi connectivity index (χ1v) is 6.11. The molecule has 2 N–H and O–H groups in total. The van der Waals surface area contributed by atoms with Gasteiger partial charge in [-0.1, -0.05) is 52.2 Å². The molecule has 0 bridgehead atoms. The number of hydrogen-bond donors (Lipinski definition) is 1. The zero-order chi connectivity index (χ0) is 10.8. The molecule has 0 amide bonds. The second kappa shape index (κ2) is 9.26. The van der Waals surface area contributed by atoms with Gasteiger partial charge in [0, 0.05) is 6.04 Å². The van der Waals surface area contributed by atoms with Gasteiger partial charge in [-0.05, 0) is 25.2 Å². The van der Waals surface area contributed by atoms with Crippen LogP contribution in [0.25, 0.3) is 0 Å². The maximum absolute atomic E-state index is 5.91. The summed E-state index contributed by atoms with van der Waals surface area (Å²) in [5.74, 6) is 0.832. The van der Waals surface area contributed by atoms with E-state index in [9.17, 15) is 0 Å². The third kappa shape index (κ3) is 8.31. The minimum Gasteiger partial charge on any atom is -0.327 e. The lowest BCUT2D eigenvalue weighted by Gasteiger charge is -2.07. The highest BCUT2D eigenvalue weighted by Gasteiger charge is 1.98. The van der Waals surface area contributed by atoms with Crippen LogP contribution in [0, 0.1) is 5.92 Å². The molecule has 0 aromatic rings. The topological polar surface area (TPSA) is 26.0 Å². The van der Waals surface area contributed by atoms with Crippen molar-refractivity contribution in [2.75, 3.05) is 0 Å². The number of nitrogens with two attached hydrogens (primary N) is 1. The fraction of sp³-hybridized carbons (Fsp3) is 0.846. The largest absolute Gasteiger partial charge is 0.327 e. The molecule has 0 radical (unpaired) electrons. The predicted molar refractivity (Wildman–Crippen MR) is 65.3 cm³/mol. The number of rotatable bonds is 8. The van der Waals surface area contributed by atoms with E-state index in [0.29, 0.717) is 6.04 Å². The minimum atomic E-state index is 0.373. The van der Waals surface area contributed by atoms with Crippen LogP contribution in [0.2, 0.25) is 0 Å². The van der Waals surface area contributed by atoms with Crippen LogP contribution < -0.4 is 5.73 Å². The smallest absolute Gasteiger partial charge is 0.00733 e. The van der Waals surface area contributed by atoms with Gasteiger partial charge in [-0.15, -0.1) is 0 Å². The standard InChI is InChI=1S/C13H27N/c1-4-8-12(3)10-6-7-11-13(14)9-5-2/h6-7,12-13H,4-5,8-11,14H2,1-3H3/b7-6-/t12-,13?/m0/s1. The molecule has 84 valence electrons. The zero-order valence-corrected chi connectivity index (χ0v) is 10.1. The van der Waals surface area contributed by atoms with Gasteiger partial charge in [0.1, 0.15) is 0 Å². The second-order valence-electron chi connectivity index (χ2n) is 4.39. The molecule has 0 saturated heterocycles. The monoisotopic (exact) mass is 197 g/mol. The average molecular weight is 197 g/mol. The van der Waals surface area contributed by atoms with Crippen molar-refractivity contribution in [1.82, 2.24) is 0 Å². The van der Waals surface area contributed by atoms with Crippen molar-refractivity contribution in [3.63, 3.8) is 0 Å². The SMILES string of the molecule is CCCC(N)C/C=C\C[C@@H](C)CCC. The molecule has 2 atom stereocenters. The number of allylic oxidation sites excluding steroid dienone is 1. The average Bonchev–Trinajstić information content (AvgIpc) is 2.13. The molecule has 1 heteroatoms. The second-order valence-corrected chi connectivity index (χ2v) is 4.39. The summed E-state index contributed by atoms with van der Waals surface area (Å²) >= 11 is 0. The predicted octanol–water partition coefficient (Wildman–Crippen LogP) is 3.89. The molecule has 14 heavy (non-hydrogen) atoms. The van der Waals surface area contributed by atoms with E-state index in [1.807, 2.05) is 0 Å². The van der Waals surface area contributed by atoms with Crippen molar-refractivity contribution < 1.29 is 0 Å². The zero-order valence-electron chi connectivity index (χ0n) is 10.1. The van der Waals surface area contributed by atoms with Crippen LogP contribution in [0.3, 0.4) is 0 Å². The molecule has 0 aliphatic heterocycles. The lowest BCUT2D eigenvalue weighted by atomic mass is 10.0. The lowest BCUT2D eigenvalue weighted by molar-refractivity contribution is 0.530. The van der Waals surface area contributed by atoms with Crippen LogP contribution in [0.1, 0.15) is 59.3 Å². The van der Waals surface area contributed by atoms with Crippen LogP contribution in [-0.2, 0) is 0 Å². The highest BCUT2D eigenvalue weighted by atomic mass is 14.6. The first-order valence-electron chi connectivity index (χ1n) is 6.11. The van der Waals surface area contributed by atoms with Crippen molar-refractivity contribution in [2.45, 2.75) is 65.3 Å². The minimum absolute atomic E-state index is 0.373. The first kappa shape index (κ1) is 13.7. The van der Waals surface area contributed by atoms with E-state index < -0.39 is 0 Å². The van der Waals surface area contributed by atoms with E-state index in [0.717, 1.165) is 18.8 Å². The fourth-order valence-corrected chi connectivity index (χ4v) is 1.70. The Bertz CT molecular complexity index is 124. The van der Waals surface area contributed by atoms with Gasteiger partial charge in [-0.25, -0.2) is 0 Å². The normalized spacial score (nSPS) is 16.0. The molecule has 0 aromatic carbocycles. The van der Waals surface area contributed by atoms with E-state index in [4.69, 9.17) is 5.73 Å². The summed E-state index contributed by atoms with van der Waals surface area (Å²) in [5.41, 5.74) is 5.91. The van der Waals surface area contributed by atoms with E-state index in [-0.39, 0.29) is 0 Å². The molecular formula is C13H27N. The molecule has 0 rings (SSSR count). The summed E-state index contributed by atoms with van der Waals surface area (Å²) in [6, 6.07) is 0.373. The molecule has 0 saturated carbocycles.